The fraction of sp³-hybridized carbons (Fsp3) is 0.348. The molecule has 0 amide bonds. The van der Waals surface area contributed by atoms with E-state index in [0.717, 1.165) is 42.6 Å². The van der Waals surface area contributed by atoms with Crippen LogP contribution in [0.5, 0.6) is 5.75 Å². The van der Waals surface area contributed by atoms with Gasteiger partial charge in [-0.05, 0) is 67.3 Å². The topological polar surface area (TPSA) is 40.5 Å². The highest BCUT2D eigenvalue weighted by molar-refractivity contribution is 6.01. The summed E-state index contributed by atoms with van der Waals surface area (Å²) < 4.78 is 0. The van der Waals surface area contributed by atoms with E-state index in [1.165, 1.54) is 0 Å². The lowest BCUT2D eigenvalue weighted by Gasteiger charge is -2.50. The highest BCUT2D eigenvalue weighted by Crippen LogP contribution is 2.49. The molecule has 0 unspecified atom stereocenters. The van der Waals surface area contributed by atoms with E-state index >= 15 is 0 Å². The number of rotatable bonds is 2. The molecule has 0 bridgehead atoms. The molecule has 1 aliphatic heterocycles. The number of fused-ring (bicyclic) bond motifs is 1. The lowest BCUT2D eigenvalue weighted by molar-refractivity contribution is -0.120. The van der Waals surface area contributed by atoms with Crippen LogP contribution in [0.1, 0.15) is 30.4 Å². The molecule has 2 aromatic rings. The summed E-state index contributed by atoms with van der Waals surface area (Å²) in [5.74, 6) is 0.918. The number of hydrogen-bond acceptors (Lipinski definition) is 3. The summed E-state index contributed by atoms with van der Waals surface area (Å²) in [5, 5.41) is 9.99. The van der Waals surface area contributed by atoms with Crippen LogP contribution in [0.15, 0.2) is 60.2 Å². The summed E-state index contributed by atoms with van der Waals surface area (Å²) in [5.41, 5.74) is 2.98. The Morgan fingerprint density at radius 3 is 2.67 bits per heavy atom. The molecule has 1 heterocycles. The van der Waals surface area contributed by atoms with Gasteiger partial charge in [0.25, 0.3) is 0 Å². The van der Waals surface area contributed by atoms with Gasteiger partial charge < -0.3 is 10.0 Å². The van der Waals surface area contributed by atoms with E-state index in [1.54, 1.807) is 6.07 Å². The summed E-state index contributed by atoms with van der Waals surface area (Å²) in [7, 11) is 2.16. The van der Waals surface area contributed by atoms with Crippen LogP contribution in [0.2, 0.25) is 0 Å². The Balaban J connectivity index is 0.00000210. The van der Waals surface area contributed by atoms with Crippen LogP contribution in [-0.4, -0.2) is 35.9 Å². The van der Waals surface area contributed by atoms with Crippen molar-refractivity contribution in [3.8, 4) is 5.75 Å². The van der Waals surface area contributed by atoms with Gasteiger partial charge in [0.05, 0.1) is 0 Å². The second kappa shape index (κ2) is 7.87. The molecule has 4 heteroatoms. The average Bonchev–Trinajstić information content (AvgIpc) is 2.64. The number of phenols is 1. The van der Waals surface area contributed by atoms with E-state index in [9.17, 15) is 9.90 Å². The standard InChI is InChI=1S/C23H25NO2.ClH/c1-24-11-10-23(19-8-5-9-21(25)14-19)15-22(26)18(13-20(23)16-24)12-17-6-3-2-4-7-17;/h2-9,12,14,20,25H,10-11,13,15-16H2,1H3;1H/t20-,23+;/m0./s1. The van der Waals surface area contributed by atoms with E-state index in [1.807, 2.05) is 42.5 Å². The van der Waals surface area contributed by atoms with Gasteiger partial charge >= 0.3 is 0 Å². The van der Waals surface area contributed by atoms with Crippen molar-refractivity contribution in [3.63, 3.8) is 0 Å². The number of carbonyl (C=O) groups is 1. The molecule has 4 rings (SSSR count). The Bertz CT molecular complexity index is 848. The second-order valence-electron chi connectivity index (χ2n) is 7.80. The Morgan fingerprint density at radius 2 is 1.93 bits per heavy atom. The highest BCUT2D eigenvalue weighted by atomic mass is 35.5. The number of hydrogen-bond donors (Lipinski definition) is 1. The highest BCUT2D eigenvalue weighted by Gasteiger charge is 2.48. The predicted molar refractivity (Wildman–Crippen MR) is 111 cm³/mol. The SMILES string of the molecule is CN1CC[C@]2(c3cccc(O)c3)CC(=O)C(=Cc3ccccc3)C[C@H]2C1.Cl. The molecule has 1 saturated heterocycles. The molecular weight excluding hydrogens is 358 g/mol. The average molecular weight is 384 g/mol. The molecule has 1 aliphatic carbocycles. The number of ketones is 1. The molecule has 142 valence electrons. The Hall–Kier alpha value is -2.10. The molecule has 1 saturated carbocycles. The summed E-state index contributed by atoms with van der Waals surface area (Å²) in [4.78, 5) is 15.4. The molecular formula is C23H26ClNO2. The van der Waals surface area contributed by atoms with Crippen LogP contribution in [0.3, 0.4) is 0 Å². The van der Waals surface area contributed by atoms with Crippen molar-refractivity contribution < 1.29 is 9.90 Å². The molecule has 3 nitrogen and oxygen atoms in total. The number of likely N-dealkylation sites (tertiary alicyclic amines) is 1. The van der Waals surface area contributed by atoms with Gasteiger partial charge in [0.15, 0.2) is 5.78 Å². The number of benzene rings is 2. The van der Waals surface area contributed by atoms with Gasteiger partial charge in [0.2, 0.25) is 0 Å². The van der Waals surface area contributed by atoms with Gasteiger partial charge in [0.1, 0.15) is 5.75 Å². The summed E-state index contributed by atoms with van der Waals surface area (Å²) >= 11 is 0. The summed E-state index contributed by atoms with van der Waals surface area (Å²) in [6, 6.07) is 17.6. The Labute approximate surface area is 167 Å². The first kappa shape index (κ1) is 19.7. The maximum absolute atomic E-state index is 13.1. The lowest BCUT2D eigenvalue weighted by atomic mass is 9.58. The van der Waals surface area contributed by atoms with Crippen molar-refractivity contribution in [2.24, 2.45) is 5.92 Å². The number of halogens is 1. The predicted octanol–water partition coefficient (Wildman–Crippen LogP) is 4.45. The fourth-order valence-corrected chi connectivity index (χ4v) is 4.70. The van der Waals surface area contributed by atoms with Crippen molar-refractivity contribution in [2.45, 2.75) is 24.7 Å². The van der Waals surface area contributed by atoms with Crippen molar-refractivity contribution >= 4 is 24.3 Å². The zero-order valence-electron chi connectivity index (χ0n) is 15.6. The Morgan fingerprint density at radius 1 is 1.15 bits per heavy atom. The number of allylic oxidation sites excluding steroid dienone is 1. The van der Waals surface area contributed by atoms with Crippen LogP contribution in [0.4, 0.5) is 0 Å². The van der Waals surface area contributed by atoms with Crippen LogP contribution >= 0.6 is 12.4 Å². The number of nitrogens with zero attached hydrogens (tertiary/aromatic N) is 1. The third kappa shape index (κ3) is 3.80. The third-order valence-corrected chi connectivity index (χ3v) is 6.12. The maximum Gasteiger partial charge on any atom is 0.159 e. The van der Waals surface area contributed by atoms with Gasteiger partial charge in [-0.2, -0.15) is 0 Å². The number of carbonyl (C=O) groups excluding carboxylic acids is 1. The summed E-state index contributed by atoms with van der Waals surface area (Å²) in [6.45, 7) is 1.96. The molecule has 2 atom stereocenters. The maximum atomic E-state index is 13.1. The van der Waals surface area contributed by atoms with E-state index < -0.39 is 0 Å². The van der Waals surface area contributed by atoms with Crippen LogP contribution < -0.4 is 0 Å². The monoisotopic (exact) mass is 383 g/mol. The van der Waals surface area contributed by atoms with Crippen LogP contribution in [0, 0.1) is 5.92 Å². The second-order valence-corrected chi connectivity index (χ2v) is 7.80. The summed E-state index contributed by atoms with van der Waals surface area (Å²) in [6.07, 6.45) is 4.35. The zero-order chi connectivity index (χ0) is 18.1. The number of piperidine rings is 1. The molecule has 27 heavy (non-hydrogen) atoms. The Kier molecular flexibility index (Phi) is 5.73. The van der Waals surface area contributed by atoms with Crippen LogP contribution in [-0.2, 0) is 10.2 Å². The number of aromatic hydroxyl groups is 1. The van der Waals surface area contributed by atoms with Crippen molar-refractivity contribution in [3.05, 3.63) is 71.3 Å². The molecule has 1 N–H and O–H groups in total. The smallest absolute Gasteiger partial charge is 0.159 e. The molecule has 2 aliphatic rings. The normalized spacial score (nSPS) is 27.1. The quantitative estimate of drug-likeness (QED) is 0.779. The van der Waals surface area contributed by atoms with Crippen molar-refractivity contribution in [1.82, 2.24) is 4.90 Å². The van der Waals surface area contributed by atoms with Crippen molar-refractivity contribution in [1.29, 1.82) is 0 Å². The van der Waals surface area contributed by atoms with Gasteiger partial charge in [-0.15, -0.1) is 12.4 Å². The van der Waals surface area contributed by atoms with Gasteiger partial charge in [0, 0.05) is 18.4 Å². The minimum atomic E-state index is -0.156. The zero-order valence-corrected chi connectivity index (χ0v) is 16.4. The first-order valence-electron chi connectivity index (χ1n) is 9.34. The molecule has 0 radical (unpaired) electrons. The van der Waals surface area contributed by atoms with E-state index in [2.05, 4.69) is 24.1 Å². The molecule has 2 fully saturated rings. The van der Waals surface area contributed by atoms with Gasteiger partial charge in [-0.3, -0.25) is 4.79 Å². The fourth-order valence-electron chi connectivity index (χ4n) is 4.70. The lowest BCUT2D eigenvalue weighted by Crippen LogP contribution is -2.52. The number of Topliss-reactive ketones (excluding diaryl/α,β-unsaturated/α-hetero) is 1. The van der Waals surface area contributed by atoms with Crippen LogP contribution in [0.25, 0.3) is 6.08 Å². The first-order valence-corrected chi connectivity index (χ1v) is 9.34. The molecule has 2 aromatic carbocycles. The first-order chi connectivity index (χ1) is 12.6. The molecule has 0 aromatic heterocycles. The van der Waals surface area contributed by atoms with Gasteiger partial charge in [-0.25, -0.2) is 0 Å². The van der Waals surface area contributed by atoms with E-state index in [-0.39, 0.29) is 29.4 Å². The largest absolute Gasteiger partial charge is 0.508 e. The van der Waals surface area contributed by atoms with E-state index in [0.29, 0.717) is 12.3 Å². The number of phenolic OH excluding ortho intramolecular Hbond substituents is 1. The van der Waals surface area contributed by atoms with Gasteiger partial charge in [-0.1, -0.05) is 42.5 Å². The van der Waals surface area contributed by atoms with Crippen molar-refractivity contribution in [2.75, 3.05) is 20.1 Å². The van der Waals surface area contributed by atoms with E-state index in [4.69, 9.17) is 0 Å². The third-order valence-electron chi connectivity index (χ3n) is 6.12. The minimum absolute atomic E-state index is 0. The minimum Gasteiger partial charge on any atom is -0.508 e. The molecule has 0 spiro atoms.